The molecule has 2 N–H and O–H groups in total. The Morgan fingerprint density at radius 3 is 2.65 bits per heavy atom. The van der Waals surface area contributed by atoms with E-state index in [0.29, 0.717) is 14.9 Å². The third kappa shape index (κ3) is 4.87. The lowest BCUT2D eigenvalue weighted by atomic mass is 10.1. The first kappa shape index (κ1) is 20.0. The summed E-state index contributed by atoms with van der Waals surface area (Å²) >= 11 is 1.99. The fourth-order valence-corrected chi connectivity index (χ4v) is 2.95. The van der Waals surface area contributed by atoms with E-state index < -0.39 is 0 Å². The van der Waals surface area contributed by atoms with Crippen LogP contribution in [0.5, 0.6) is 17.2 Å². The highest BCUT2D eigenvalue weighted by Crippen LogP contribution is 2.31. The second kappa shape index (κ2) is 8.88. The highest BCUT2D eigenvalue weighted by atomic mass is 127. The van der Waals surface area contributed by atoms with Crippen molar-refractivity contribution < 1.29 is 19.4 Å². The monoisotopic (exact) mass is 468 g/mol. The highest BCUT2D eigenvalue weighted by Gasteiger charge is 2.09. The molecule has 0 fully saturated rings. The number of amides is 1. The molecule has 0 aliphatic rings. The van der Waals surface area contributed by atoms with Crippen molar-refractivity contribution in [1.82, 2.24) is 5.43 Å². The van der Waals surface area contributed by atoms with Crippen LogP contribution >= 0.6 is 22.6 Å². The Morgan fingerprint density at radius 1 is 1.27 bits per heavy atom. The number of aryl methyl sites for hydroxylation is 2. The van der Waals surface area contributed by atoms with E-state index in [1.165, 1.54) is 13.3 Å². The zero-order chi connectivity index (χ0) is 19.3. The van der Waals surface area contributed by atoms with Crippen molar-refractivity contribution in [3.63, 3.8) is 0 Å². The van der Waals surface area contributed by atoms with Gasteiger partial charge in [0, 0.05) is 0 Å². The minimum Gasteiger partial charge on any atom is -0.504 e. The summed E-state index contributed by atoms with van der Waals surface area (Å²) in [5, 5.41) is 13.7. The van der Waals surface area contributed by atoms with Gasteiger partial charge in [0.1, 0.15) is 5.75 Å². The number of hydrogen-bond acceptors (Lipinski definition) is 5. The molecule has 0 saturated carbocycles. The molecule has 0 atom stereocenters. The van der Waals surface area contributed by atoms with Gasteiger partial charge in [-0.3, -0.25) is 4.79 Å². The van der Waals surface area contributed by atoms with E-state index in [-0.39, 0.29) is 18.3 Å². The quantitative estimate of drug-likeness (QED) is 0.387. The predicted octanol–water partition coefficient (Wildman–Crippen LogP) is 3.46. The molecule has 0 aliphatic heterocycles. The van der Waals surface area contributed by atoms with E-state index in [9.17, 15) is 9.90 Å². The van der Waals surface area contributed by atoms with Crippen LogP contribution in [-0.2, 0) is 4.79 Å². The van der Waals surface area contributed by atoms with Crippen LogP contribution in [0.4, 0.5) is 0 Å². The minimum absolute atomic E-state index is 0.0755. The van der Waals surface area contributed by atoms with Crippen molar-refractivity contribution in [3.05, 3.63) is 50.1 Å². The van der Waals surface area contributed by atoms with Crippen LogP contribution in [0.3, 0.4) is 0 Å². The molecule has 2 rings (SSSR count). The number of hydrogen-bond donors (Lipinski definition) is 2. The Kier molecular flexibility index (Phi) is 6.84. The molecule has 0 aliphatic carbocycles. The van der Waals surface area contributed by atoms with Gasteiger partial charge in [-0.1, -0.05) is 12.1 Å². The van der Waals surface area contributed by atoms with E-state index in [1.54, 1.807) is 12.1 Å². The van der Waals surface area contributed by atoms with Gasteiger partial charge in [0.2, 0.25) is 0 Å². The Labute approximate surface area is 166 Å². The van der Waals surface area contributed by atoms with Crippen LogP contribution in [0.2, 0.25) is 0 Å². The van der Waals surface area contributed by atoms with Gasteiger partial charge in [0.05, 0.1) is 16.9 Å². The number of carbonyl (C=O) groups is 1. The number of benzene rings is 2. The fraction of sp³-hybridized carbons (Fsp3) is 0.263. The smallest absolute Gasteiger partial charge is 0.277 e. The van der Waals surface area contributed by atoms with Crippen LogP contribution in [-0.4, -0.2) is 30.9 Å². The third-order valence-electron chi connectivity index (χ3n) is 3.89. The van der Waals surface area contributed by atoms with Crippen molar-refractivity contribution >= 4 is 34.7 Å². The maximum atomic E-state index is 11.9. The largest absolute Gasteiger partial charge is 0.504 e. The second-order valence-electron chi connectivity index (χ2n) is 5.79. The SMILES string of the molecule is COc1cc(/C=N/NC(=O)COc2c(C)ccc(C)c2C)cc(I)c1O. The molecule has 0 bridgehead atoms. The number of methoxy groups -OCH3 is 1. The summed E-state index contributed by atoms with van der Waals surface area (Å²) < 4.78 is 11.4. The summed E-state index contributed by atoms with van der Waals surface area (Å²) in [5.41, 5.74) is 6.23. The topological polar surface area (TPSA) is 80.2 Å². The van der Waals surface area contributed by atoms with Crippen molar-refractivity contribution in [2.24, 2.45) is 5.10 Å². The maximum Gasteiger partial charge on any atom is 0.277 e. The lowest BCUT2D eigenvalue weighted by Gasteiger charge is -2.13. The lowest BCUT2D eigenvalue weighted by molar-refractivity contribution is -0.123. The summed E-state index contributed by atoms with van der Waals surface area (Å²) in [6.45, 7) is 5.78. The number of rotatable bonds is 6. The number of nitrogens with one attached hydrogen (secondary N) is 1. The summed E-state index contributed by atoms with van der Waals surface area (Å²) in [5.74, 6) is 0.786. The molecule has 7 heteroatoms. The van der Waals surface area contributed by atoms with Crippen molar-refractivity contribution in [2.45, 2.75) is 20.8 Å². The van der Waals surface area contributed by atoms with E-state index in [4.69, 9.17) is 9.47 Å². The molecule has 0 spiro atoms. The molecule has 2 aromatic carbocycles. The van der Waals surface area contributed by atoms with Crippen LogP contribution in [0.25, 0.3) is 0 Å². The Balaban J connectivity index is 1.96. The summed E-state index contributed by atoms with van der Waals surface area (Å²) in [7, 11) is 1.47. The number of halogens is 1. The Bertz CT molecular complexity index is 850. The van der Waals surface area contributed by atoms with Crippen LogP contribution in [0.1, 0.15) is 22.3 Å². The Hall–Kier alpha value is -2.29. The van der Waals surface area contributed by atoms with Gasteiger partial charge in [-0.05, 0) is 77.7 Å². The first-order chi connectivity index (χ1) is 12.3. The standard InChI is InChI=1S/C19H21IN2O4/c1-11-5-6-12(2)19(13(11)3)26-10-17(23)22-21-9-14-7-15(20)18(24)16(8-14)25-4/h5-9,24H,10H2,1-4H3,(H,22,23)/b21-9+. The Morgan fingerprint density at radius 2 is 1.96 bits per heavy atom. The summed E-state index contributed by atoms with van der Waals surface area (Å²) in [6.07, 6.45) is 1.48. The zero-order valence-electron chi connectivity index (χ0n) is 15.1. The highest BCUT2D eigenvalue weighted by molar-refractivity contribution is 14.1. The number of hydrazone groups is 1. The van der Waals surface area contributed by atoms with E-state index >= 15 is 0 Å². The van der Waals surface area contributed by atoms with Gasteiger partial charge in [-0.25, -0.2) is 5.43 Å². The van der Waals surface area contributed by atoms with Gasteiger partial charge < -0.3 is 14.6 Å². The minimum atomic E-state index is -0.359. The normalized spacial score (nSPS) is 10.8. The molecule has 0 unspecified atom stereocenters. The molecule has 26 heavy (non-hydrogen) atoms. The molecule has 6 nitrogen and oxygen atoms in total. The molecule has 0 saturated heterocycles. The molecule has 138 valence electrons. The van der Waals surface area contributed by atoms with E-state index in [1.807, 2.05) is 55.5 Å². The molecular weight excluding hydrogens is 447 g/mol. The van der Waals surface area contributed by atoms with Crippen molar-refractivity contribution in [3.8, 4) is 17.2 Å². The van der Waals surface area contributed by atoms with Crippen LogP contribution in [0.15, 0.2) is 29.4 Å². The summed E-state index contributed by atoms with van der Waals surface area (Å²) in [6, 6.07) is 7.34. The van der Waals surface area contributed by atoms with Gasteiger partial charge in [-0.15, -0.1) is 0 Å². The van der Waals surface area contributed by atoms with Crippen molar-refractivity contribution in [1.29, 1.82) is 0 Å². The average molecular weight is 468 g/mol. The first-order valence-corrected chi connectivity index (χ1v) is 8.99. The zero-order valence-corrected chi connectivity index (χ0v) is 17.2. The van der Waals surface area contributed by atoms with E-state index in [2.05, 4.69) is 10.5 Å². The van der Waals surface area contributed by atoms with Gasteiger partial charge in [0.25, 0.3) is 5.91 Å². The van der Waals surface area contributed by atoms with Gasteiger partial charge in [-0.2, -0.15) is 5.10 Å². The average Bonchev–Trinajstić information content (AvgIpc) is 2.61. The van der Waals surface area contributed by atoms with Crippen LogP contribution in [0, 0.1) is 24.3 Å². The van der Waals surface area contributed by atoms with E-state index in [0.717, 1.165) is 22.4 Å². The lowest BCUT2D eigenvalue weighted by Crippen LogP contribution is -2.25. The molecule has 0 heterocycles. The molecular formula is C19H21IN2O4. The number of ether oxygens (including phenoxy) is 2. The molecule has 0 aromatic heterocycles. The molecule has 2 aromatic rings. The predicted molar refractivity (Wildman–Crippen MR) is 109 cm³/mol. The molecule has 1 amide bonds. The maximum absolute atomic E-state index is 11.9. The first-order valence-electron chi connectivity index (χ1n) is 7.91. The van der Waals surface area contributed by atoms with Crippen molar-refractivity contribution in [2.75, 3.05) is 13.7 Å². The second-order valence-corrected chi connectivity index (χ2v) is 6.95. The number of nitrogens with zero attached hydrogens (tertiary/aromatic N) is 1. The molecule has 0 radical (unpaired) electrons. The van der Waals surface area contributed by atoms with Gasteiger partial charge in [0.15, 0.2) is 18.1 Å². The van der Waals surface area contributed by atoms with Crippen LogP contribution < -0.4 is 14.9 Å². The number of aromatic hydroxyl groups is 1. The number of phenols is 1. The summed E-state index contributed by atoms with van der Waals surface area (Å²) in [4.78, 5) is 11.9. The number of phenolic OH excluding ortho intramolecular Hbond substituents is 1. The third-order valence-corrected chi connectivity index (χ3v) is 4.72. The number of carbonyl (C=O) groups excluding carboxylic acids is 1. The van der Waals surface area contributed by atoms with Gasteiger partial charge >= 0.3 is 0 Å². The fourth-order valence-electron chi connectivity index (χ4n) is 2.32.